The van der Waals surface area contributed by atoms with Crippen molar-refractivity contribution in [2.75, 3.05) is 6.54 Å². The molecule has 0 bridgehead atoms. The van der Waals surface area contributed by atoms with E-state index in [-0.39, 0.29) is 17.6 Å². The van der Waals surface area contributed by atoms with Gasteiger partial charge in [0.05, 0.1) is 0 Å². The Kier molecular flexibility index (Phi) is 5.08. The minimum Gasteiger partial charge on any atom is -0.352 e. The second-order valence-corrected chi connectivity index (χ2v) is 5.17. The van der Waals surface area contributed by atoms with Gasteiger partial charge >= 0.3 is 5.69 Å². The zero-order valence-corrected chi connectivity index (χ0v) is 13.1. The molecule has 2 rings (SSSR count). The summed E-state index contributed by atoms with van der Waals surface area (Å²) in [5.74, 6) is -0.100. The highest BCUT2D eigenvalue weighted by Gasteiger charge is 2.18. The Bertz CT molecular complexity index is 690. The van der Waals surface area contributed by atoms with Gasteiger partial charge in [0, 0.05) is 36.9 Å². The van der Waals surface area contributed by atoms with E-state index < -0.39 is 0 Å². The van der Waals surface area contributed by atoms with Crippen LogP contribution in [0.2, 0.25) is 0 Å². The van der Waals surface area contributed by atoms with Crippen LogP contribution in [0.1, 0.15) is 30.8 Å². The van der Waals surface area contributed by atoms with Gasteiger partial charge in [-0.1, -0.05) is 6.92 Å². The lowest BCUT2D eigenvalue weighted by atomic mass is 10.2. The summed E-state index contributed by atoms with van der Waals surface area (Å²) in [6.45, 7) is 6.36. The van der Waals surface area contributed by atoms with Crippen molar-refractivity contribution in [1.29, 1.82) is 0 Å². The molecule has 1 amide bonds. The van der Waals surface area contributed by atoms with Crippen LogP contribution in [0.25, 0.3) is 0 Å². The highest BCUT2D eigenvalue weighted by Crippen LogP contribution is 2.09. The molecule has 0 aromatic carbocycles. The van der Waals surface area contributed by atoms with E-state index in [9.17, 15) is 9.59 Å². The van der Waals surface area contributed by atoms with Crippen LogP contribution in [0.4, 0.5) is 0 Å². The Balaban J connectivity index is 1.96. The predicted octanol–water partition coefficient (Wildman–Crippen LogP) is 0.824. The molecule has 22 heavy (non-hydrogen) atoms. The number of carbonyl (C=O) groups excluding carboxylic acids is 1. The van der Waals surface area contributed by atoms with E-state index in [1.165, 1.54) is 0 Å². The first-order valence-corrected chi connectivity index (χ1v) is 7.35. The summed E-state index contributed by atoms with van der Waals surface area (Å²) in [6.07, 6.45) is 4.07. The van der Waals surface area contributed by atoms with Crippen molar-refractivity contribution in [3.63, 3.8) is 0 Å². The molecule has 0 fully saturated rings. The zero-order chi connectivity index (χ0) is 16.1. The van der Waals surface area contributed by atoms with Crippen LogP contribution in [0.3, 0.4) is 0 Å². The van der Waals surface area contributed by atoms with E-state index in [2.05, 4.69) is 15.4 Å². The van der Waals surface area contributed by atoms with Crippen LogP contribution in [-0.2, 0) is 11.3 Å². The molecule has 2 aromatic rings. The number of rotatable bonds is 6. The molecule has 0 saturated carbocycles. The molecule has 2 heterocycles. The van der Waals surface area contributed by atoms with Crippen molar-refractivity contribution in [2.24, 2.45) is 0 Å². The fourth-order valence-electron chi connectivity index (χ4n) is 2.41. The van der Waals surface area contributed by atoms with Gasteiger partial charge < -0.3 is 5.32 Å². The number of carbonyl (C=O) groups is 1. The maximum atomic E-state index is 12.2. The predicted molar refractivity (Wildman–Crippen MR) is 82.5 cm³/mol. The van der Waals surface area contributed by atoms with E-state index in [1.807, 2.05) is 19.9 Å². The number of hydrogen-bond acceptors (Lipinski definition) is 4. The van der Waals surface area contributed by atoms with Crippen molar-refractivity contribution in [3.8, 4) is 0 Å². The topological polar surface area (TPSA) is 81.8 Å². The van der Waals surface area contributed by atoms with Gasteiger partial charge in [0.2, 0.25) is 5.91 Å². The lowest BCUT2D eigenvalue weighted by Gasteiger charge is -2.16. The highest BCUT2D eigenvalue weighted by atomic mass is 16.2. The van der Waals surface area contributed by atoms with Crippen LogP contribution in [-0.4, -0.2) is 31.8 Å². The Morgan fingerprint density at radius 2 is 2.18 bits per heavy atom. The Hall–Kier alpha value is -2.44. The van der Waals surface area contributed by atoms with Crippen LogP contribution >= 0.6 is 0 Å². The number of amides is 1. The van der Waals surface area contributed by atoms with Crippen molar-refractivity contribution in [1.82, 2.24) is 24.6 Å². The number of hydrogen-bond donors (Lipinski definition) is 1. The minimum absolute atomic E-state index is 0.100. The fraction of sp³-hybridized carbons (Fsp3) is 0.467. The third-order valence-electron chi connectivity index (χ3n) is 3.51. The average molecular weight is 303 g/mol. The summed E-state index contributed by atoms with van der Waals surface area (Å²) in [6, 6.07) is 3.31. The number of nitrogens with one attached hydrogen (secondary N) is 1. The van der Waals surface area contributed by atoms with Crippen LogP contribution < -0.4 is 11.0 Å². The van der Waals surface area contributed by atoms with Crippen LogP contribution in [0, 0.1) is 13.8 Å². The molecule has 1 unspecified atom stereocenters. The Morgan fingerprint density at radius 1 is 1.41 bits per heavy atom. The van der Waals surface area contributed by atoms with E-state index >= 15 is 0 Å². The molecule has 7 heteroatoms. The average Bonchev–Trinajstić information content (AvgIpc) is 2.96. The fourth-order valence-corrected chi connectivity index (χ4v) is 2.41. The number of aryl methyl sites for hydroxylation is 2. The Morgan fingerprint density at radius 3 is 2.77 bits per heavy atom. The van der Waals surface area contributed by atoms with Gasteiger partial charge in [-0.05, 0) is 32.4 Å². The van der Waals surface area contributed by atoms with Gasteiger partial charge in [-0.15, -0.1) is 0 Å². The van der Waals surface area contributed by atoms with Crippen LogP contribution in [0.5, 0.6) is 0 Å². The van der Waals surface area contributed by atoms with E-state index in [4.69, 9.17) is 0 Å². The molecular weight excluding hydrogens is 282 g/mol. The molecular formula is C15H21N5O2. The third kappa shape index (κ3) is 3.60. The standard InChI is InChI=1S/C15H21N5O2/c1-4-13(20-8-5-6-17-20)14(21)16-7-9-19-12(3)10-11(2)18-15(19)22/h5-6,8,10,13H,4,7,9H2,1-3H3,(H,16,21). The summed E-state index contributed by atoms with van der Waals surface area (Å²) in [5.41, 5.74) is 1.25. The van der Waals surface area contributed by atoms with Gasteiger partial charge in [-0.2, -0.15) is 10.1 Å². The van der Waals surface area contributed by atoms with E-state index in [0.29, 0.717) is 25.2 Å². The second kappa shape index (κ2) is 7.02. The van der Waals surface area contributed by atoms with Crippen molar-refractivity contribution < 1.29 is 4.79 Å². The smallest absolute Gasteiger partial charge is 0.348 e. The monoisotopic (exact) mass is 303 g/mol. The van der Waals surface area contributed by atoms with Crippen molar-refractivity contribution >= 4 is 5.91 Å². The second-order valence-electron chi connectivity index (χ2n) is 5.17. The maximum Gasteiger partial charge on any atom is 0.348 e. The quantitative estimate of drug-likeness (QED) is 0.856. The summed E-state index contributed by atoms with van der Waals surface area (Å²) in [5, 5.41) is 6.96. The molecule has 0 aliphatic rings. The molecule has 0 aliphatic carbocycles. The molecule has 0 aliphatic heterocycles. The molecule has 0 spiro atoms. The molecule has 0 saturated heterocycles. The first-order chi connectivity index (χ1) is 10.5. The molecule has 1 atom stereocenters. The molecule has 1 N–H and O–H groups in total. The van der Waals surface area contributed by atoms with E-state index in [0.717, 1.165) is 5.69 Å². The normalized spacial score (nSPS) is 12.1. The zero-order valence-electron chi connectivity index (χ0n) is 13.1. The van der Waals surface area contributed by atoms with Gasteiger partial charge in [-0.25, -0.2) is 4.79 Å². The van der Waals surface area contributed by atoms with E-state index in [1.54, 1.807) is 34.6 Å². The lowest BCUT2D eigenvalue weighted by Crippen LogP contribution is -2.37. The first-order valence-electron chi connectivity index (χ1n) is 7.35. The first kappa shape index (κ1) is 15.9. The SMILES string of the molecule is CCC(C(=O)NCCn1c(C)cc(C)nc1=O)n1cccn1. The molecule has 7 nitrogen and oxygen atoms in total. The Labute approximate surface area is 129 Å². The summed E-state index contributed by atoms with van der Waals surface area (Å²) < 4.78 is 3.20. The lowest BCUT2D eigenvalue weighted by molar-refractivity contribution is -0.124. The number of aromatic nitrogens is 4. The molecule has 118 valence electrons. The van der Waals surface area contributed by atoms with Crippen molar-refractivity contribution in [3.05, 3.63) is 46.4 Å². The maximum absolute atomic E-state index is 12.2. The minimum atomic E-state index is -0.330. The van der Waals surface area contributed by atoms with Gasteiger partial charge in [0.15, 0.2) is 0 Å². The summed E-state index contributed by atoms with van der Waals surface area (Å²) in [4.78, 5) is 28.0. The summed E-state index contributed by atoms with van der Waals surface area (Å²) >= 11 is 0. The van der Waals surface area contributed by atoms with Crippen LogP contribution in [0.15, 0.2) is 29.3 Å². The third-order valence-corrected chi connectivity index (χ3v) is 3.51. The molecule has 2 aromatic heterocycles. The van der Waals surface area contributed by atoms with Gasteiger partial charge in [-0.3, -0.25) is 14.0 Å². The molecule has 0 radical (unpaired) electrons. The summed E-state index contributed by atoms with van der Waals surface area (Å²) in [7, 11) is 0. The van der Waals surface area contributed by atoms with Gasteiger partial charge in [0.1, 0.15) is 6.04 Å². The highest BCUT2D eigenvalue weighted by molar-refractivity contribution is 5.80. The largest absolute Gasteiger partial charge is 0.352 e. The van der Waals surface area contributed by atoms with Crippen molar-refractivity contribution in [2.45, 2.75) is 39.8 Å². The number of nitrogens with zero attached hydrogens (tertiary/aromatic N) is 4. The van der Waals surface area contributed by atoms with Gasteiger partial charge in [0.25, 0.3) is 0 Å².